The van der Waals surface area contributed by atoms with Crippen LogP contribution in [0.1, 0.15) is 53.2 Å². The lowest BCUT2D eigenvalue weighted by Crippen LogP contribution is -2.43. The fraction of sp³-hybridized carbons (Fsp3) is 0.280. The van der Waals surface area contributed by atoms with Crippen molar-refractivity contribution in [1.82, 2.24) is 9.13 Å². The van der Waals surface area contributed by atoms with Crippen LogP contribution in [0.15, 0.2) is 74.1 Å². The maximum Gasteiger partial charge on any atom is 0.332 e. The zero-order valence-corrected chi connectivity index (χ0v) is 19.8. The molecule has 0 saturated heterocycles. The number of primary amides is 1. The number of nitrogens with zero attached hydrogens (tertiary/aromatic N) is 3. The molecular formula is C25H27N5O3S. The van der Waals surface area contributed by atoms with Crippen molar-refractivity contribution in [3.05, 3.63) is 92.1 Å². The van der Waals surface area contributed by atoms with Crippen LogP contribution in [0.3, 0.4) is 0 Å². The summed E-state index contributed by atoms with van der Waals surface area (Å²) in [6, 6.07) is 16.4. The summed E-state index contributed by atoms with van der Waals surface area (Å²) in [5, 5.41) is 0.440. The summed E-state index contributed by atoms with van der Waals surface area (Å²) in [4.78, 5) is 43.2. The van der Waals surface area contributed by atoms with Gasteiger partial charge in [-0.1, -0.05) is 54.9 Å². The summed E-state index contributed by atoms with van der Waals surface area (Å²) in [7, 11) is 1.48. The molecule has 1 fully saturated rings. The van der Waals surface area contributed by atoms with Crippen molar-refractivity contribution in [2.24, 2.45) is 17.8 Å². The Kier molecular flexibility index (Phi) is 7.02. The lowest BCUT2D eigenvalue weighted by Gasteiger charge is -2.20. The van der Waals surface area contributed by atoms with Crippen LogP contribution in [0.25, 0.3) is 0 Å². The number of anilines is 1. The Labute approximate surface area is 201 Å². The van der Waals surface area contributed by atoms with Gasteiger partial charge < -0.3 is 11.5 Å². The van der Waals surface area contributed by atoms with Crippen molar-refractivity contribution in [2.75, 3.05) is 5.73 Å². The Hall–Kier alpha value is -3.59. The fourth-order valence-corrected chi connectivity index (χ4v) is 5.11. The van der Waals surface area contributed by atoms with Gasteiger partial charge in [-0.3, -0.25) is 23.7 Å². The maximum absolute atomic E-state index is 13.3. The third-order valence-corrected chi connectivity index (χ3v) is 7.07. The van der Waals surface area contributed by atoms with E-state index in [1.807, 2.05) is 30.3 Å². The Morgan fingerprint density at radius 1 is 1.06 bits per heavy atom. The molecule has 3 aromatic rings. The molecule has 176 valence electrons. The minimum atomic E-state index is -0.499. The van der Waals surface area contributed by atoms with Gasteiger partial charge in [0, 0.05) is 23.5 Å². The molecule has 0 spiro atoms. The topological polar surface area (TPSA) is 125 Å². The van der Waals surface area contributed by atoms with Crippen molar-refractivity contribution in [3.8, 4) is 0 Å². The highest BCUT2D eigenvalue weighted by atomic mass is 32.2. The Morgan fingerprint density at radius 2 is 1.71 bits per heavy atom. The molecule has 0 radical (unpaired) electrons. The van der Waals surface area contributed by atoms with Gasteiger partial charge in [0.2, 0.25) is 5.91 Å². The third kappa shape index (κ3) is 4.84. The smallest absolute Gasteiger partial charge is 0.332 e. The lowest BCUT2D eigenvalue weighted by atomic mass is 10.1. The number of benzene rings is 2. The summed E-state index contributed by atoms with van der Waals surface area (Å²) in [5.41, 5.74) is 12.5. The molecule has 4 rings (SSSR count). The largest absolute Gasteiger partial charge is 0.384 e. The molecule has 8 nitrogen and oxygen atoms in total. The highest BCUT2D eigenvalue weighted by Gasteiger charge is 2.26. The first-order chi connectivity index (χ1) is 16.4. The molecule has 0 atom stereocenters. The van der Waals surface area contributed by atoms with E-state index in [2.05, 4.69) is 0 Å². The van der Waals surface area contributed by atoms with Gasteiger partial charge in [-0.25, -0.2) is 4.79 Å². The van der Waals surface area contributed by atoms with Crippen LogP contribution in [0.4, 0.5) is 5.82 Å². The second-order valence-corrected chi connectivity index (χ2v) is 9.38. The highest BCUT2D eigenvalue weighted by molar-refractivity contribution is 8.14. The third-order valence-electron chi connectivity index (χ3n) is 6.03. The molecular weight excluding hydrogens is 450 g/mol. The van der Waals surface area contributed by atoms with E-state index < -0.39 is 17.2 Å². The predicted octanol–water partition coefficient (Wildman–Crippen LogP) is 3.08. The first-order valence-electron chi connectivity index (χ1n) is 11.1. The number of carbonyl (C=O) groups is 1. The zero-order chi connectivity index (χ0) is 24.2. The van der Waals surface area contributed by atoms with Gasteiger partial charge in [-0.05, 0) is 42.7 Å². The SMILES string of the molecule is Cn1c(=O)c(C(=NCc2ccc(C(N)=O)cc2)Sc2ccccc2)c(N)n(C2CCCC2)c1=O. The van der Waals surface area contributed by atoms with Gasteiger partial charge >= 0.3 is 5.69 Å². The molecule has 1 aromatic heterocycles. The van der Waals surface area contributed by atoms with Crippen molar-refractivity contribution < 1.29 is 4.79 Å². The molecule has 4 N–H and O–H groups in total. The Morgan fingerprint density at radius 3 is 2.32 bits per heavy atom. The highest BCUT2D eigenvalue weighted by Crippen LogP contribution is 2.32. The van der Waals surface area contributed by atoms with E-state index in [9.17, 15) is 14.4 Å². The van der Waals surface area contributed by atoms with Crippen molar-refractivity contribution in [3.63, 3.8) is 0 Å². The van der Waals surface area contributed by atoms with Crippen LogP contribution < -0.4 is 22.7 Å². The second kappa shape index (κ2) is 10.1. The first kappa shape index (κ1) is 23.6. The van der Waals surface area contributed by atoms with Gasteiger partial charge in [0.05, 0.1) is 6.54 Å². The molecule has 0 aliphatic heterocycles. The number of hydrogen-bond donors (Lipinski definition) is 2. The number of thioether (sulfide) groups is 1. The van der Waals surface area contributed by atoms with E-state index in [0.717, 1.165) is 40.7 Å². The number of amides is 1. The number of nitrogen functional groups attached to an aromatic ring is 1. The van der Waals surface area contributed by atoms with Crippen LogP contribution in [0.2, 0.25) is 0 Å². The Balaban J connectivity index is 1.81. The molecule has 9 heteroatoms. The molecule has 1 heterocycles. The van der Waals surface area contributed by atoms with E-state index in [1.54, 1.807) is 28.8 Å². The molecule has 0 bridgehead atoms. The van der Waals surface area contributed by atoms with Gasteiger partial charge in [0.25, 0.3) is 5.56 Å². The van der Waals surface area contributed by atoms with Crippen LogP contribution in [0, 0.1) is 0 Å². The lowest BCUT2D eigenvalue weighted by molar-refractivity contribution is 0.100. The fourth-order valence-electron chi connectivity index (χ4n) is 4.17. The summed E-state index contributed by atoms with van der Waals surface area (Å²) in [6.45, 7) is 0.263. The van der Waals surface area contributed by atoms with Crippen molar-refractivity contribution in [2.45, 2.75) is 43.2 Å². The standard InChI is InChI=1S/C25H27N5O3S/c1-29-24(32)20(21(26)30(25(29)33)18-7-5-6-8-18)23(34-19-9-3-2-4-10-19)28-15-16-11-13-17(14-12-16)22(27)31/h2-4,9-14,18H,5-8,15,26H2,1H3,(H2,27,31). The van der Waals surface area contributed by atoms with E-state index in [0.29, 0.717) is 10.6 Å². The van der Waals surface area contributed by atoms with Gasteiger partial charge in [0.15, 0.2) is 0 Å². The van der Waals surface area contributed by atoms with Gasteiger partial charge in [0.1, 0.15) is 16.4 Å². The van der Waals surface area contributed by atoms with Crippen molar-refractivity contribution in [1.29, 1.82) is 0 Å². The summed E-state index contributed by atoms with van der Waals surface area (Å²) in [5.74, 6) is -0.341. The molecule has 34 heavy (non-hydrogen) atoms. The summed E-state index contributed by atoms with van der Waals surface area (Å²) in [6.07, 6.45) is 3.75. The molecule has 1 saturated carbocycles. The number of rotatable bonds is 6. The normalized spacial score (nSPS) is 14.4. The zero-order valence-electron chi connectivity index (χ0n) is 18.9. The monoisotopic (exact) mass is 477 g/mol. The van der Waals surface area contributed by atoms with Gasteiger partial charge in [-0.2, -0.15) is 0 Å². The van der Waals surface area contributed by atoms with E-state index in [-0.39, 0.29) is 24.0 Å². The Bertz CT molecular complexity index is 1340. The van der Waals surface area contributed by atoms with Crippen molar-refractivity contribution >= 4 is 28.5 Å². The molecule has 2 aromatic carbocycles. The van der Waals surface area contributed by atoms with Crippen LogP contribution in [0.5, 0.6) is 0 Å². The number of aliphatic imine (C=N–C) groups is 1. The molecule has 1 amide bonds. The number of aromatic nitrogens is 2. The van der Waals surface area contributed by atoms with E-state index in [1.165, 1.54) is 18.8 Å². The second-order valence-electron chi connectivity index (χ2n) is 8.31. The quantitative estimate of drug-likeness (QED) is 0.321. The first-order valence-corrected chi connectivity index (χ1v) is 12.0. The average Bonchev–Trinajstić information content (AvgIpc) is 3.36. The van der Waals surface area contributed by atoms with Gasteiger partial charge in [-0.15, -0.1) is 0 Å². The predicted molar refractivity (Wildman–Crippen MR) is 135 cm³/mol. The maximum atomic E-state index is 13.3. The van der Waals surface area contributed by atoms with Crippen LogP contribution in [-0.2, 0) is 13.6 Å². The number of nitrogens with two attached hydrogens (primary N) is 2. The molecule has 1 aliphatic carbocycles. The molecule has 1 aliphatic rings. The molecule has 0 unspecified atom stereocenters. The van der Waals surface area contributed by atoms with E-state index >= 15 is 0 Å². The average molecular weight is 478 g/mol. The van der Waals surface area contributed by atoms with E-state index in [4.69, 9.17) is 16.5 Å². The minimum Gasteiger partial charge on any atom is -0.384 e. The van der Waals surface area contributed by atoms with Crippen LogP contribution >= 0.6 is 11.8 Å². The number of carbonyl (C=O) groups excluding carboxylic acids is 1. The summed E-state index contributed by atoms with van der Waals surface area (Å²) < 4.78 is 2.68. The van der Waals surface area contributed by atoms with Crippen LogP contribution in [-0.4, -0.2) is 20.1 Å². The summed E-state index contributed by atoms with van der Waals surface area (Å²) >= 11 is 1.33. The number of hydrogen-bond acceptors (Lipinski definition) is 6. The minimum absolute atomic E-state index is 0.0256.